The van der Waals surface area contributed by atoms with E-state index in [0.29, 0.717) is 43.3 Å². The monoisotopic (exact) mass is 425 g/mol. The van der Waals surface area contributed by atoms with E-state index in [1.165, 1.54) is 10.7 Å². The summed E-state index contributed by atoms with van der Waals surface area (Å²) in [6.45, 7) is 3.36. The van der Waals surface area contributed by atoms with E-state index >= 15 is 0 Å². The molecule has 156 valence electrons. The minimum absolute atomic E-state index is 0.0688. The number of amides is 1. The molecule has 7 heteroatoms. The highest BCUT2D eigenvalue weighted by Gasteiger charge is 2.06. The van der Waals surface area contributed by atoms with Gasteiger partial charge in [0.05, 0.1) is 12.3 Å². The van der Waals surface area contributed by atoms with Crippen LogP contribution in [0.2, 0.25) is 5.02 Å². The number of hydrogen-bond donors (Lipinski definition) is 1. The molecule has 6 nitrogen and oxygen atoms in total. The first kappa shape index (κ1) is 21.6. The Bertz CT molecular complexity index is 1030. The van der Waals surface area contributed by atoms with Crippen LogP contribution in [0.1, 0.15) is 25.3 Å². The van der Waals surface area contributed by atoms with E-state index in [9.17, 15) is 9.59 Å². The normalized spacial score (nSPS) is 10.6. The number of nitrogens with one attached hydrogen (secondary N) is 1. The molecule has 0 saturated heterocycles. The van der Waals surface area contributed by atoms with Crippen LogP contribution in [-0.4, -0.2) is 22.3 Å². The molecule has 3 aromatic rings. The summed E-state index contributed by atoms with van der Waals surface area (Å²) in [5.74, 6) is 0.722. The quantitative estimate of drug-likeness (QED) is 0.561. The Kier molecular flexibility index (Phi) is 7.63. The van der Waals surface area contributed by atoms with Crippen molar-refractivity contribution in [2.75, 3.05) is 6.61 Å². The smallest absolute Gasteiger partial charge is 0.266 e. The lowest BCUT2D eigenvalue weighted by Crippen LogP contribution is -2.25. The summed E-state index contributed by atoms with van der Waals surface area (Å²) in [6.07, 6.45) is 0.834. The third-order valence-electron chi connectivity index (χ3n) is 4.50. The number of rotatable bonds is 9. The minimum Gasteiger partial charge on any atom is -0.494 e. The predicted octanol–water partition coefficient (Wildman–Crippen LogP) is 4.06. The van der Waals surface area contributed by atoms with Crippen molar-refractivity contribution in [3.8, 4) is 17.0 Å². The van der Waals surface area contributed by atoms with Crippen molar-refractivity contribution in [2.24, 2.45) is 0 Å². The van der Waals surface area contributed by atoms with Gasteiger partial charge in [0.15, 0.2) is 0 Å². The summed E-state index contributed by atoms with van der Waals surface area (Å²) in [5.41, 5.74) is 2.39. The van der Waals surface area contributed by atoms with Crippen molar-refractivity contribution < 1.29 is 9.53 Å². The Balaban J connectivity index is 1.53. The predicted molar refractivity (Wildman–Crippen MR) is 118 cm³/mol. The fourth-order valence-corrected chi connectivity index (χ4v) is 3.06. The van der Waals surface area contributed by atoms with Crippen molar-refractivity contribution in [3.63, 3.8) is 0 Å². The number of benzene rings is 2. The average molecular weight is 426 g/mol. The molecule has 1 amide bonds. The molecule has 0 fully saturated rings. The SMILES string of the molecule is CCOc1ccc(-c2ccc(=O)n(CCCC(=O)NCc3ccc(Cl)cc3)n2)cc1. The number of carbonyl (C=O) groups excluding carboxylic acids is 1. The maximum absolute atomic E-state index is 12.1. The van der Waals surface area contributed by atoms with Gasteiger partial charge in [0, 0.05) is 36.2 Å². The fraction of sp³-hybridized carbons (Fsp3) is 0.261. The third kappa shape index (κ3) is 6.19. The van der Waals surface area contributed by atoms with Gasteiger partial charge in [0.25, 0.3) is 5.56 Å². The molecule has 0 atom stereocenters. The number of halogens is 1. The van der Waals surface area contributed by atoms with E-state index in [-0.39, 0.29) is 11.5 Å². The van der Waals surface area contributed by atoms with Gasteiger partial charge in [0.1, 0.15) is 5.75 Å². The second-order valence-electron chi connectivity index (χ2n) is 6.74. The molecule has 1 N–H and O–H groups in total. The third-order valence-corrected chi connectivity index (χ3v) is 4.76. The lowest BCUT2D eigenvalue weighted by atomic mass is 10.1. The maximum Gasteiger partial charge on any atom is 0.266 e. The lowest BCUT2D eigenvalue weighted by molar-refractivity contribution is -0.121. The van der Waals surface area contributed by atoms with Crippen LogP contribution in [-0.2, 0) is 17.9 Å². The molecular formula is C23H24ClN3O3. The zero-order chi connectivity index (χ0) is 21.3. The number of aromatic nitrogens is 2. The van der Waals surface area contributed by atoms with Gasteiger partial charge in [0.2, 0.25) is 5.91 Å². The molecule has 1 heterocycles. The highest BCUT2D eigenvalue weighted by atomic mass is 35.5. The number of carbonyl (C=O) groups is 1. The molecule has 0 aliphatic heterocycles. The van der Waals surface area contributed by atoms with Crippen LogP contribution in [0.25, 0.3) is 11.3 Å². The van der Waals surface area contributed by atoms with Gasteiger partial charge >= 0.3 is 0 Å². The summed E-state index contributed by atoms with van der Waals surface area (Å²) in [4.78, 5) is 24.2. The van der Waals surface area contributed by atoms with E-state index < -0.39 is 0 Å². The lowest BCUT2D eigenvalue weighted by Gasteiger charge is -2.09. The number of aryl methyl sites for hydroxylation is 1. The standard InChI is InChI=1S/C23H24ClN3O3/c1-2-30-20-11-7-18(8-12-20)21-13-14-23(29)27(26-21)15-3-4-22(28)25-16-17-5-9-19(24)10-6-17/h5-14H,2-4,15-16H2,1H3,(H,25,28). The first-order valence-corrected chi connectivity index (χ1v) is 10.3. The molecule has 0 saturated carbocycles. The minimum atomic E-state index is -0.189. The Morgan fingerprint density at radius 2 is 1.80 bits per heavy atom. The Morgan fingerprint density at radius 3 is 2.50 bits per heavy atom. The van der Waals surface area contributed by atoms with Crippen molar-refractivity contribution >= 4 is 17.5 Å². The topological polar surface area (TPSA) is 73.2 Å². The van der Waals surface area contributed by atoms with Crippen molar-refractivity contribution in [3.05, 3.63) is 81.6 Å². The van der Waals surface area contributed by atoms with E-state index in [2.05, 4.69) is 10.4 Å². The summed E-state index contributed by atoms with van der Waals surface area (Å²) in [7, 11) is 0. The molecule has 0 radical (unpaired) electrons. The van der Waals surface area contributed by atoms with Crippen LogP contribution in [0.4, 0.5) is 0 Å². The van der Waals surface area contributed by atoms with E-state index in [4.69, 9.17) is 16.3 Å². The van der Waals surface area contributed by atoms with E-state index in [0.717, 1.165) is 16.9 Å². The Hall–Kier alpha value is -3.12. The molecule has 0 aliphatic carbocycles. The molecule has 0 spiro atoms. The molecule has 30 heavy (non-hydrogen) atoms. The number of ether oxygens (including phenoxy) is 1. The van der Waals surface area contributed by atoms with Crippen LogP contribution in [0, 0.1) is 0 Å². The number of nitrogens with zero attached hydrogens (tertiary/aromatic N) is 2. The van der Waals surface area contributed by atoms with Crippen molar-refractivity contribution in [1.29, 1.82) is 0 Å². The zero-order valence-electron chi connectivity index (χ0n) is 16.8. The van der Waals surface area contributed by atoms with Crippen molar-refractivity contribution in [1.82, 2.24) is 15.1 Å². The average Bonchev–Trinajstić information content (AvgIpc) is 2.75. The molecule has 3 rings (SSSR count). The molecule has 0 aliphatic rings. The van der Waals surface area contributed by atoms with E-state index in [1.54, 1.807) is 18.2 Å². The zero-order valence-corrected chi connectivity index (χ0v) is 17.6. The van der Waals surface area contributed by atoms with Crippen LogP contribution in [0.3, 0.4) is 0 Å². The van der Waals surface area contributed by atoms with E-state index in [1.807, 2.05) is 43.3 Å². The summed E-state index contributed by atoms with van der Waals surface area (Å²) < 4.78 is 6.85. The first-order chi connectivity index (χ1) is 14.5. The highest BCUT2D eigenvalue weighted by Crippen LogP contribution is 2.20. The van der Waals surface area contributed by atoms with Crippen LogP contribution >= 0.6 is 11.6 Å². The molecule has 1 aromatic heterocycles. The van der Waals surface area contributed by atoms with Crippen LogP contribution in [0.15, 0.2) is 65.5 Å². The maximum atomic E-state index is 12.1. The van der Waals surface area contributed by atoms with Gasteiger partial charge < -0.3 is 10.1 Å². The van der Waals surface area contributed by atoms with Crippen molar-refractivity contribution in [2.45, 2.75) is 32.9 Å². The fourth-order valence-electron chi connectivity index (χ4n) is 2.93. The second kappa shape index (κ2) is 10.6. The van der Waals surface area contributed by atoms with Gasteiger partial charge in [-0.25, -0.2) is 4.68 Å². The molecule has 0 unspecified atom stereocenters. The van der Waals surface area contributed by atoms with Gasteiger partial charge in [-0.2, -0.15) is 5.10 Å². The Labute approximate surface area is 180 Å². The highest BCUT2D eigenvalue weighted by molar-refractivity contribution is 6.30. The molecule has 2 aromatic carbocycles. The van der Waals surface area contributed by atoms with Gasteiger partial charge in [-0.1, -0.05) is 23.7 Å². The molecular weight excluding hydrogens is 402 g/mol. The second-order valence-corrected chi connectivity index (χ2v) is 7.18. The molecule has 0 bridgehead atoms. The van der Waals surface area contributed by atoms with Gasteiger partial charge in [-0.15, -0.1) is 0 Å². The van der Waals surface area contributed by atoms with Crippen LogP contribution < -0.4 is 15.6 Å². The largest absolute Gasteiger partial charge is 0.494 e. The summed E-state index contributed by atoms with van der Waals surface area (Å²) in [6, 6.07) is 18.1. The first-order valence-electron chi connectivity index (χ1n) is 9.87. The van der Waals surface area contributed by atoms with Crippen LogP contribution in [0.5, 0.6) is 5.75 Å². The van der Waals surface area contributed by atoms with Gasteiger partial charge in [-0.05, 0) is 61.4 Å². The summed E-state index contributed by atoms with van der Waals surface area (Å²) in [5, 5.41) is 7.97. The van der Waals surface area contributed by atoms with Gasteiger partial charge in [-0.3, -0.25) is 9.59 Å². The Morgan fingerprint density at radius 1 is 1.07 bits per heavy atom. The number of hydrogen-bond acceptors (Lipinski definition) is 4. The summed E-state index contributed by atoms with van der Waals surface area (Å²) >= 11 is 5.86.